The summed E-state index contributed by atoms with van der Waals surface area (Å²) in [5.41, 5.74) is 0.728. The molecule has 0 bridgehead atoms. The lowest BCUT2D eigenvalue weighted by Crippen LogP contribution is -2.17. The summed E-state index contributed by atoms with van der Waals surface area (Å²) >= 11 is 0. The molecule has 1 aromatic rings. The summed E-state index contributed by atoms with van der Waals surface area (Å²) in [4.78, 5) is 16.2. The van der Waals surface area contributed by atoms with E-state index in [0.717, 1.165) is 31.6 Å². The summed E-state index contributed by atoms with van der Waals surface area (Å²) in [7, 11) is 0. The van der Waals surface area contributed by atoms with Crippen LogP contribution in [0.2, 0.25) is 0 Å². The highest BCUT2D eigenvalue weighted by Gasteiger charge is 2.18. The third kappa shape index (κ3) is 4.04. The van der Waals surface area contributed by atoms with Crippen molar-refractivity contribution in [2.24, 2.45) is 5.92 Å². The molecule has 0 aromatic carbocycles. The Labute approximate surface area is 124 Å². The van der Waals surface area contributed by atoms with Crippen LogP contribution in [0.25, 0.3) is 0 Å². The lowest BCUT2D eigenvalue weighted by atomic mass is 10.1. The second-order valence-electron chi connectivity index (χ2n) is 5.50. The number of nitrogens with zero attached hydrogens (tertiary/aromatic N) is 1. The molecule has 21 heavy (non-hydrogen) atoms. The Morgan fingerprint density at radius 3 is 3.19 bits per heavy atom. The molecule has 2 aliphatic rings. The van der Waals surface area contributed by atoms with Crippen LogP contribution in [0, 0.1) is 5.92 Å². The Morgan fingerprint density at radius 2 is 2.43 bits per heavy atom. The van der Waals surface area contributed by atoms with Crippen LogP contribution in [0.4, 0.5) is 5.69 Å². The zero-order valence-electron chi connectivity index (χ0n) is 12.0. The van der Waals surface area contributed by atoms with E-state index in [-0.39, 0.29) is 12.0 Å². The molecule has 1 saturated heterocycles. The van der Waals surface area contributed by atoms with Gasteiger partial charge in [0.1, 0.15) is 6.10 Å². The Bertz CT molecular complexity index is 524. The number of amides is 1. The first kappa shape index (κ1) is 14.1. The molecular weight excluding hydrogens is 268 g/mol. The molecule has 0 spiro atoms. The fraction of sp³-hybridized carbons (Fsp3) is 0.500. The molecule has 5 heteroatoms. The van der Waals surface area contributed by atoms with Gasteiger partial charge in [0.25, 0.3) is 0 Å². The quantitative estimate of drug-likeness (QED) is 0.846. The highest BCUT2D eigenvalue weighted by molar-refractivity contribution is 5.91. The summed E-state index contributed by atoms with van der Waals surface area (Å²) in [6, 6.07) is 3.54. The van der Waals surface area contributed by atoms with Gasteiger partial charge in [-0.25, -0.2) is 4.98 Å². The van der Waals surface area contributed by atoms with Gasteiger partial charge in [0.05, 0.1) is 13.2 Å². The van der Waals surface area contributed by atoms with Crippen LogP contribution in [-0.4, -0.2) is 30.2 Å². The van der Waals surface area contributed by atoms with E-state index in [1.807, 2.05) is 0 Å². The van der Waals surface area contributed by atoms with E-state index in [0.29, 0.717) is 24.8 Å². The first-order valence-corrected chi connectivity index (χ1v) is 7.46. The van der Waals surface area contributed by atoms with Gasteiger partial charge in [-0.3, -0.25) is 4.79 Å². The van der Waals surface area contributed by atoms with E-state index in [9.17, 15) is 4.79 Å². The van der Waals surface area contributed by atoms with Crippen molar-refractivity contribution in [3.8, 4) is 5.88 Å². The van der Waals surface area contributed by atoms with Crippen LogP contribution >= 0.6 is 0 Å². The average molecular weight is 288 g/mol. The maximum absolute atomic E-state index is 12.0. The van der Waals surface area contributed by atoms with Crippen molar-refractivity contribution < 1.29 is 14.3 Å². The predicted molar refractivity (Wildman–Crippen MR) is 79.2 cm³/mol. The number of anilines is 1. The fourth-order valence-electron chi connectivity index (χ4n) is 2.64. The number of pyridine rings is 1. The number of rotatable bonds is 5. The highest BCUT2D eigenvalue weighted by atomic mass is 16.5. The van der Waals surface area contributed by atoms with Gasteiger partial charge in [-0.05, 0) is 24.8 Å². The molecule has 112 valence electrons. The SMILES string of the molecule is O=C(C[C@@H]1C=CCC1)Nc1ccnc(O[C@H]2CCOC2)c1. The van der Waals surface area contributed by atoms with Crippen LogP contribution in [0.3, 0.4) is 0 Å². The third-order valence-electron chi connectivity index (χ3n) is 3.75. The number of allylic oxidation sites excluding steroid dienone is 2. The molecule has 0 unspecified atom stereocenters. The molecule has 3 rings (SSSR count). The Morgan fingerprint density at radius 1 is 1.48 bits per heavy atom. The summed E-state index contributed by atoms with van der Waals surface area (Å²) in [5.74, 6) is 0.940. The van der Waals surface area contributed by atoms with E-state index in [1.165, 1.54) is 0 Å². The minimum absolute atomic E-state index is 0.0351. The summed E-state index contributed by atoms with van der Waals surface area (Å²) in [6.45, 7) is 1.34. The number of carbonyl (C=O) groups excluding carboxylic acids is 1. The summed E-state index contributed by atoms with van der Waals surface area (Å²) < 4.78 is 11.0. The first-order chi connectivity index (χ1) is 10.3. The molecule has 1 N–H and O–H groups in total. The van der Waals surface area contributed by atoms with Gasteiger partial charge >= 0.3 is 0 Å². The maximum atomic E-state index is 12.0. The van der Waals surface area contributed by atoms with E-state index < -0.39 is 0 Å². The van der Waals surface area contributed by atoms with E-state index in [2.05, 4.69) is 22.5 Å². The van der Waals surface area contributed by atoms with Gasteiger partial charge in [-0.2, -0.15) is 0 Å². The van der Waals surface area contributed by atoms with Gasteiger partial charge in [0, 0.05) is 30.8 Å². The van der Waals surface area contributed by atoms with Crippen LogP contribution in [-0.2, 0) is 9.53 Å². The standard InChI is InChI=1S/C16H20N2O3/c19-15(9-12-3-1-2-4-12)18-13-5-7-17-16(10-13)21-14-6-8-20-11-14/h1,3,5,7,10,12,14H,2,4,6,8-9,11H2,(H,17,18,19)/t12-,14+/m1/s1. The zero-order valence-corrected chi connectivity index (χ0v) is 12.0. The minimum Gasteiger partial charge on any atom is -0.472 e. The van der Waals surface area contributed by atoms with Crippen LogP contribution in [0.1, 0.15) is 25.7 Å². The number of carbonyl (C=O) groups is 1. The summed E-state index contributed by atoms with van der Waals surface area (Å²) in [6.07, 6.45) is 9.54. The zero-order chi connectivity index (χ0) is 14.5. The van der Waals surface area contributed by atoms with Crippen LogP contribution < -0.4 is 10.1 Å². The van der Waals surface area contributed by atoms with E-state index in [1.54, 1.807) is 18.3 Å². The Hall–Kier alpha value is -1.88. The lowest BCUT2D eigenvalue weighted by Gasteiger charge is -2.12. The molecule has 1 amide bonds. The fourth-order valence-corrected chi connectivity index (χ4v) is 2.64. The first-order valence-electron chi connectivity index (χ1n) is 7.46. The predicted octanol–water partition coefficient (Wildman–Crippen LogP) is 2.54. The van der Waals surface area contributed by atoms with Gasteiger partial charge in [-0.1, -0.05) is 12.2 Å². The largest absolute Gasteiger partial charge is 0.472 e. The van der Waals surface area contributed by atoms with Crippen LogP contribution in [0.5, 0.6) is 5.88 Å². The second kappa shape index (κ2) is 6.72. The van der Waals surface area contributed by atoms with Crippen molar-refractivity contribution >= 4 is 11.6 Å². The van der Waals surface area contributed by atoms with E-state index >= 15 is 0 Å². The smallest absolute Gasteiger partial charge is 0.224 e. The lowest BCUT2D eigenvalue weighted by molar-refractivity contribution is -0.116. The molecule has 1 aliphatic carbocycles. The monoisotopic (exact) mass is 288 g/mol. The van der Waals surface area contributed by atoms with Crippen molar-refractivity contribution in [1.29, 1.82) is 0 Å². The van der Waals surface area contributed by atoms with Gasteiger partial charge in [0.15, 0.2) is 0 Å². The average Bonchev–Trinajstić information content (AvgIpc) is 3.12. The summed E-state index contributed by atoms with van der Waals surface area (Å²) in [5, 5.41) is 2.91. The van der Waals surface area contributed by atoms with Gasteiger partial charge in [0.2, 0.25) is 11.8 Å². The number of nitrogens with one attached hydrogen (secondary N) is 1. The number of aromatic nitrogens is 1. The molecule has 0 radical (unpaired) electrons. The molecule has 2 atom stereocenters. The highest BCUT2D eigenvalue weighted by Crippen LogP contribution is 2.22. The second-order valence-corrected chi connectivity index (χ2v) is 5.50. The number of hydrogen-bond acceptors (Lipinski definition) is 4. The van der Waals surface area contributed by atoms with Gasteiger partial charge in [-0.15, -0.1) is 0 Å². The molecule has 5 nitrogen and oxygen atoms in total. The number of hydrogen-bond donors (Lipinski definition) is 1. The maximum Gasteiger partial charge on any atom is 0.224 e. The van der Waals surface area contributed by atoms with Crippen molar-refractivity contribution in [3.63, 3.8) is 0 Å². The van der Waals surface area contributed by atoms with Crippen LogP contribution in [0.15, 0.2) is 30.5 Å². The normalized spacial score (nSPS) is 24.2. The molecule has 1 aromatic heterocycles. The topological polar surface area (TPSA) is 60.5 Å². The molecule has 1 fully saturated rings. The molecular formula is C16H20N2O3. The van der Waals surface area contributed by atoms with Crippen molar-refractivity contribution in [1.82, 2.24) is 4.98 Å². The minimum atomic E-state index is 0.0351. The van der Waals surface area contributed by atoms with Crippen molar-refractivity contribution in [2.45, 2.75) is 31.8 Å². The van der Waals surface area contributed by atoms with Crippen molar-refractivity contribution in [2.75, 3.05) is 18.5 Å². The Kier molecular flexibility index (Phi) is 4.50. The Balaban J connectivity index is 1.54. The van der Waals surface area contributed by atoms with E-state index in [4.69, 9.17) is 9.47 Å². The molecule has 1 aliphatic heterocycles. The molecule has 0 saturated carbocycles. The van der Waals surface area contributed by atoms with Crippen molar-refractivity contribution in [3.05, 3.63) is 30.5 Å². The van der Waals surface area contributed by atoms with Gasteiger partial charge < -0.3 is 14.8 Å². The number of ether oxygens (including phenoxy) is 2. The third-order valence-corrected chi connectivity index (χ3v) is 3.75. The molecule has 2 heterocycles.